The van der Waals surface area contributed by atoms with Gasteiger partial charge in [0, 0.05) is 18.8 Å². The number of piperidine rings is 1. The molecule has 20 heavy (non-hydrogen) atoms. The average Bonchev–Trinajstić information content (AvgIpc) is 2.90. The van der Waals surface area contributed by atoms with E-state index in [-0.39, 0.29) is 11.9 Å². The summed E-state index contributed by atoms with van der Waals surface area (Å²) in [5, 5.41) is 11.1. The first-order valence-corrected chi connectivity index (χ1v) is 7.04. The van der Waals surface area contributed by atoms with Crippen molar-refractivity contribution in [2.75, 3.05) is 13.1 Å². The Morgan fingerprint density at radius 3 is 3.25 bits per heavy atom. The topological polar surface area (TPSA) is 80.0 Å². The van der Waals surface area contributed by atoms with Crippen molar-refractivity contribution in [1.82, 2.24) is 20.8 Å². The number of hydrogen-bond acceptors (Lipinski definition) is 5. The molecular weight excluding hydrogens is 256 g/mol. The lowest BCUT2D eigenvalue weighted by Crippen LogP contribution is -2.45. The minimum atomic E-state index is -0.0867. The zero-order chi connectivity index (χ0) is 13.9. The number of carbonyl (C=O) groups excluding carboxylic acids is 1. The monoisotopic (exact) mass is 274 g/mol. The molecule has 106 valence electrons. The summed E-state index contributed by atoms with van der Waals surface area (Å²) in [7, 11) is 0. The van der Waals surface area contributed by atoms with E-state index in [0.29, 0.717) is 11.3 Å². The summed E-state index contributed by atoms with van der Waals surface area (Å²) in [5.41, 5.74) is 1.88. The number of rotatable bonds is 3. The number of fused-ring (bicyclic) bond motifs is 1. The highest BCUT2D eigenvalue weighted by Crippen LogP contribution is 2.18. The molecule has 3 rings (SSSR count). The number of pyridine rings is 1. The predicted molar refractivity (Wildman–Crippen MR) is 74.5 cm³/mol. The normalized spacial score (nSPS) is 19.1. The van der Waals surface area contributed by atoms with E-state index >= 15 is 0 Å². The molecule has 2 aromatic rings. The van der Waals surface area contributed by atoms with Crippen molar-refractivity contribution in [3.63, 3.8) is 0 Å². The van der Waals surface area contributed by atoms with E-state index in [1.807, 2.05) is 13.0 Å². The first kappa shape index (κ1) is 13.1. The maximum atomic E-state index is 12.2. The molecule has 1 atom stereocenters. The third-order valence-electron chi connectivity index (χ3n) is 3.63. The molecule has 1 fully saturated rings. The summed E-state index contributed by atoms with van der Waals surface area (Å²) in [6, 6.07) is 2.00. The minimum Gasteiger partial charge on any atom is -0.348 e. The van der Waals surface area contributed by atoms with E-state index in [2.05, 4.69) is 20.8 Å². The van der Waals surface area contributed by atoms with Crippen molar-refractivity contribution < 1.29 is 9.32 Å². The SMILES string of the molecule is CCc1noc2ncc(C(=O)NC3CCCNC3)cc12. The van der Waals surface area contributed by atoms with Crippen LogP contribution in [0.15, 0.2) is 16.8 Å². The van der Waals surface area contributed by atoms with E-state index in [0.717, 1.165) is 43.4 Å². The fraction of sp³-hybridized carbons (Fsp3) is 0.500. The van der Waals surface area contributed by atoms with Gasteiger partial charge >= 0.3 is 0 Å². The number of carbonyl (C=O) groups is 1. The first-order chi connectivity index (χ1) is 9.78. The molecule has 1 unspecified atom stereocenters. The van der Waals surface area contributed by atoms with Crippen LogP contribution in [0, 0.1) is 0 Å². The van der Waals surface area contributed by atoms with Gasteiger partial charge < -0.3 is 15.2 Å². The van der Waals surface area contributed by atoms with Crippen molar-refractivity contribution >= 4 is 17.0 Å². The molecule has 2 N–H and O–H groups in total. The third-order valence-corrected chi connectivity index (χ3v) is 3.63. The molecule has 3 heterocycles. The van der Waals surface area contributed by atoms with E-state index in [1.54, 1.807) is 6.20 Å². The van der Waals surface area contributed by atoms with Crippen molar-refractivity contribution in [3.05, 3.63) is 23.5 Å². The highest BCUT2D eigenvalue weighted by molar-refractivity contribution is 5.97. The van der Waals surface area contributed by atoms with Crippen molar-refractivity contribution in [2.45, 2.75) is 32.2 Å². The molecule has 0 bridgehead atoms. The molecular formula is C14H18N4O2. The van der Waals surface area contributed by atoms with Gasteiger partial charge in [-0.3, -0.25) is 4.79 Å². The largest absolute Gasteiger partial charge is 0.348 e. The molecule has 6 heteroatoms. The van der Waals surface area contributed by atoms with Crippen LogP contribution in [0.3, 0.4) is 0 Å². The lowest BCUT2D eigenvalue weighted by molar-refractivity contribution is 0.0930. The Hall–Kier alpha value is -1.95. The molecule has 0 aromatic carbocycles. The first-order valence-electron chi connectivity index (χ1n) is 7.04. The molecule has 0 radical (unpaired) electrons. The fourth-order valence-corrected chi connectivity index (χ4v) is 2.50. The number of aromatic nitrogens is 2. The van der Waals surface area contributed by atoms with Crippen molar-refractivity contribution in [1.29, 1.82) is 0 Å². The Kier molecular flexibility index (Phi) is 3.64. The van der Waals surface area contributed by atoms with E-state index in [4.69, 9.17) is 4.52 Å². The number of nitrogens with zero attached hydrogens (tertiary/aromatic N) is 2. The second-order valence-corrected chi connectivity index (χ2v) is 5.08. The van der Waals surface area contributed by atoms with Gasteiger partial charge in [0.05, 0.1) is 16.6 Å². The number of amides is 1. The standard InChI is InChI=1S/C14H18N4O2/c1-2-12-11-6-9(7-16-14(11)20-18-12)13(19)17-10-4-3-5-15-8-10/h6-7,10,15H,2-5,8H2,1H3,(H,17,19). The molecule has 1 amide bonds. The lowest BCUT2D eigenvalue weighted by atomic mass is 10.1. The summed E-state index contributed by atoms with van der Waals surface area (Å²) >= 11 is 0. The second-order valence-electron chi connectivity index (χ2n) is 5.08. The zero-order valence-electron chi connectivity index (χ0n) is 11.5. The predicted octanol–water partition coefficient (Wildman–Crippen LogP) is 1.27. The van der Waals surface area contributed by atoms with Gasteiger partial charge in [-0.15, -0.1) is 0 Å². The van der Waals surface area contributed by atoms with Gasteiger partial charge in [0.25, 0.3) is 11.6 Å². The van der Waals surface area contributed by atoms with Crippen molar-refractivity contribution in [2.24, 2.45) is 0 Å². The smallest absolute Gasteiger partial charge is 0.257 e. The highest BCUT2D eigenvalue weighted by atomic mass is 16.5. The number of aryl methyl sites for hydroxylation is 1. The van der Waals surface area contributed by atoms with E-state index in [1.165, 1.54) is 0 Å². The van der Waals surface area contributed by atoms with Crippen LogP contribution >= 0.6 is 0 Å². The van der Waals surface area contributed by atoms with Crippen LogP contribution in [-0.4, -0.2) is 35.2 Å². The quantitative estimate of drug-likeness (QED) is 0.881. The molecule has 6 nitrogen and oxygen atoms in total. The number of hydrogen-bond donors (Lipinski definition) is 2. The summed E-state index contributed by atoms with van der Waals surface area (Å²) in [5.74, 6) is -0.0867. The Morgan fingerprint density at radius 1 is 1.60 bits per heavy atom. The van der Waals surface area contributed by atoms with Gasteiger partial charge in [-0.25, -0.2) is 4.98 Å². The molecule has 0 spiro atoms. The third kappa shape index (κ3) is 2.51. The van der Waals surface area contributed by atoms with Crippen LogP contribution in [0.1, 0.15) is 35.8 Å². The second kappa shape index (κ2) is 5.58. The highest BCUT2D eigenvalue weighted by Gasteiger charge is 2.18. The van der Waals surface area contributed by atoms with Gasteiger partial charge in [-0.05, 0) is 31.9 Å². The number of nitrogens with one attached hydrogen (secondary N) is 2. The van der Waals surface area contributed by atoms with Crippen LogP contribution in [0.5, 0.6) is 0 Å². The maximum absolute atomic E-state index is 12.2. The summed E-state index contributed by atoms with van der Waals surface area (Å²) < 4.78 is 5.12. The Labute approximate surface area is 116 Å². The molecule has 1 aliphatic heterocycles. The van der Waals surface area contributed by atoms with Gasteiger partial charge in [0.15, 0.2) is 0 Å². The van der Waals surface area contributed by atoms with Gasteiger partial charge in [-0.1, -0.05) is 12.1 Å². The van der Waals surface area contributed by atoms with Crippen LogP contribution in [0.4, 0.5) is 0 Å². The summed E-state index contributed by atoms with van der Waals surface area (Å²) in [4.78, 5) is 16.4. The van der Waals surface area contributed by atoms with Crippen molar-refractivity contribution in [3.8, 4) is 0 Å². The van der Waals surface area contributed by atoms with Crippen LogP contribution in [0.25, 0.3) is 11.1 Å². The van der Waals surface area contributed by atoms with Crippen LogP contribution in [-0.2, 0) is 6.42 Å². The summed E-state index contributed by atoms with van der Waals surface area (Å²) in [6.07, 6.45) is 4.40. The Bertz CT molecular complexity index is 617. The molecule has 0 aliphatic carbocycles. The molecule has 0 saturated carbocycles. The Balaban J connectivity index is 1.79. The average molecular weight is 274 g/mol. The lowest BCUT2D eigenvalue weighted by Gasteiger charge is -2.23. The molecule has 2 aromatic heterocycles. The van der Waals surface area contributed by atoms with Gasteiger partial charge in [0.2, 0.25) is 0 Å². The minimum absolute atomic E-state index is 0.0867. The maximum Gasteiger partial charge on any atom is 0.257 e. The van der Waals surface area contributed by atoms with E-state index < -0.39 is 0 Å². The molecule has 1 aliphatic rings. The zero-order valence-corrected chi connectivity index (χ0v) is 11.5. The Morgan fingerprint density at radius 2 is 2.50 bits per heavy atom. The van der Waals surface area contributed by atoms with Crippen LogP contribution < -0.4 is 10.6 Å². The van der Waals surface area contributed by atoms with Gasteiger partial charge in [-0.2, -0.15) is 0 Å². The van der Waals surface area contributed by atoms with Crippen LogP contribution in [0.2, 0.25) is 0 Å². The summed E-state index contributed by atoms with van der Waals surface area (Å²) in [6.45, 7) is 3.85. The molecule has 1 saturated heterocycles. The van der Waals surface area contributed by atoms with Gasteiger partial charge in [0.1, 0.15) is 0 Å². The fourth-order valence-electron chi connectivity index (χ4n) is 2.50. The van der Waals surface area contributed by atoms with E-state index in [9.17, 15) is 4.79 Å².